The van der Waals surface area contributed by atoms with Crippen molar-refractivity contribution in [2.75, 3.05) is 0 Å². The van der Waals surface area contributed by atoms with Gasteiger partial charge < -0.3 is 9.53 Å². The Bertz CT molecular complexity index is 1080. The van der Waals surface area contributed by atoms with Gasteiger partial charge in [-0.2, -0.15) is 13.2 Å². The van der Waals surface area contributed by atoms with Crippen molar-refractivity contribution in [2.24, 2.45) is 5.41 Å². The first-order valence-corrected chi connectivity index (χ1v) is 16.1. The predicted octanol–water partition coefficient (Wildman–Crippen LogP) is 8.38. The second-order valence-corrected chi connectivity index (χ2v) is 17.8. The number of rotatable bonds is 5. The standard InChI is InChI=1S/C27H37F3INO2Si/c1-9-18-22(24(33)16-10-12-17(13-11-16)27(28,29)30)23(31)21-19(32-18)14-26(5,6)15-20(21)34-35(7,8)25(2,3)4/h10-13,20,24,33H,9,14-15H2,1-8H3. The summed E-state index contributed by atoms with van der Waals surface area (Å²) in [6.07, 6.45) is -3.34. The smallest absolute Gasteiger partial charge is 0.410 e. The maximum absolute atomic E-state index is 13.1. The minimum atomic E-state index is -4.42. The van der Waals surface area contributed by atoms with Crippen LogP contribution in [0.1, 0.15) is 93.8 Å². The van der Waals surface area contributed by atoms with Crippen LogP contribution in [0.2, 0.25) is 18.1 Å². The molecule has 1 aliphatic carbocycles. The van der Waals surface area contributed by atoms with Gasteiger partial charge in [0, 0.05) is 26.1 Å². The van der Waals surface area contributed by atoms with Gasteiger partial charge in [0.2, 0.25) is 0 Å². The number of hydrogen-bond acceptors (Lipinski definition) is 3. The summed E-state index contributed by atoms with van der Waals surface area (Å²) >= 11 is 2.29. The summed E-state index contributed by atoms with van der Waals surface area (Å²) in [7, 11) is -2.10. The first-order chi connectivity index (χ1) is 15.9. The number of fused-ring (bicyclic) bond motifs is 1. The number of alkyl halides is 3. The molecule has 0 spiro atoms. The van der Waals surface area contributed by atoms with E-state index in [4.69, 9.17) is 9.41 Å². The zero-order valence-electron chi connectivity index (χ0n) is 21.9. The Morgan fingerprint density at radius 3 is 2.23 bits per heavy atom. The summed E-state index contributed by atoms with van der Waals surface area (Å²) in [5, 5.41) is 11.4. The van der Waals surface area contributed by atoms with Gasteiger partial charge in [0.15, 0.2) is 8.32 Å². The number of aliphatic hydroxyl groups excluding tert-OH is 1. The fraction of sp³-hybridized carbons (Fsp3) is 0.593. The monoisotopic (exact) mass is 619 g/mol. The molecule has 0 fully saturated rings. The summed E-state index contributed by atoms with van der Waals surface area (Å²) in [6, 6.07) is 4.76. The summed E-state index contributed by atoms with van der Waals surface area (Å²) in [5.41, 5.74) is 3.22. The molecule has 194 valence electrons. The quantitative estimate of drug-likeness (QED) is 0.270. The molecule has 1 aromatic carbocycles. The highest BCUT2D eigenvalue weighted by Gasteiger charge is 2.44. The van der Waals surface area contributed by atoms with Gasteiger partial charge in [-0.25, -0.2) is 0 Å². The van der Waals surface area contributed by atoms with Gasteiger partial charge in [0.05, 0.1) is 11.7 Å². The molecule has 2 aromatic rings. The lowest BCUT2D eigenvalue weighted by atomic mass is 9.74. The SMILES string of the molecule is CCc1nc2c(c(I)c1C(O)c1ccc(C(F)(F)F)cc1)C(O[Si](C)(C)C(C)(C)C)CC(C)(C)C2. The Kier molecular flexibility index (Phi) is 7.94. The first kappa shape index (κ1) is 28.6. The molecular weight excluding hydrogens is 582 g/mol. The fourth-order valence-corrected chi connectivity index (χ4v) is 7.01. The van der Waals surface area contributed by atoms with Crippen molar-refractivity contribution in [1.29, 1.82) is 0 Å². The van der Waals surface area contributed by atoms with Crippen molar-refractivity contribution in [1.82, 2.24) is 4.98 Å². The van der Waals surface area contributed by atoms with Crippen LogP contribution in [-0.2, 0) is 23.4 Å². The maximum Gasteiger partial charge on any atom is 0.416 e. The molecular formula is C27H37F3INO2Si. The Morgan fingerprint density at radius 1 is 1.17 bits per heavy atom. The molecule has 1 aliphatic rings. The predicted molar refractivity (Wildman–Crippen MR) is 145 cm³/mol. The van der Waals surface area contributed by atoms with Gasteiger partial charge in [-0.3, -0.25) is 4.98 Å². The number of nitrogens with zero attached hydrogens (tertiary/aromatic N) is 1. The van der Waals surface area contributed by atoms with Crippen LogP contribution in [0.15, 0.2) is 24.3 Å². The van der Waals surface area contributed by atoms with Crippen LogP contribution < -0.4 is 0 Å². The number of benzene rings is 1. The van der Waals surface area contributed by atoms with Crippen molar-refractivity contribution >= 4 is 30.9 Å². The minimum absolute atomic E-state index is 0.0225. The summed E-state index contributed by atoms with van der Waals surface area (Å²) < 4.78 is 47.0. The first-order valence-electron chi connectivity index (χ1n) is 12.1. The molecule has 8 heteroatoms. The highest BCUT2D eigenvalue weighted by Crippen LogP contribution is 2.49. The normalized spacial score (nSPS) is 19.4. The van der Waals surface area contributed by atoms with Crippen LogP contribution in [0.5, 0.6) is 0 Å². The number of halogens is 4. The lowest BCUT2D eigenvalue weighted by Crippen LogP contribution is -2.44. The molecule has 0 amide bonds. The Morgan fingerprint density at radius 2 is 1.74 bits per heavy atom. The topological polar surface area (TPSA) is 42.4 Å². The molecule has 1 N–H and O–H groups in total. The zero-order chi connectivity index (χ0) is 26.6. The van der Waals surface area contributed by atoms with Gasteiger partial charge in [-0.1, -0.05) is 53.7 Å². The van der Waals surface area contributed by atoms with Crippen molar-refractivity contribution < 1.29 is 22.7 Å². The van der Waals surface area contributed by atoms with E-state index in [0.717, 1.165) is 45.5 Å². The minimum Gasteiger partial charge on any atom is -0.410 e. The van der Waals surface area contributed by atoms with Gasteiger partial charge in [-0.15, -0.1) is 0 Å². The van der Waals surface area contributed by atoms with Crippen molar-refractivity contribution in [2.45, 2.75) is 97.3 Å². The molecule has 0 bridgehead atoms. The molecule has 0 radical (unpaired) electrons. The van der Waals surface area contributed by atoms with E-state index in [0.29, 0.717) is 17.5 Å². The molecule has 2 unspecified atom stereocenters. The van der Waals surface area contributed by atoms with E-state index >= 15 is 0 Å². The number of aromatic nitrogens is 1. The molecule has 3 nitrogen and oxygen atoms in total. The average molecular weight is 620 g/mol. The van der Waals surface area contributed by atoms with Crippen LogP contribution in [0.25, 0.3) is 0 Å². The summed E-state index contributed by atoms with van der Waals surface area (Å²) in [6.45, 7) is 17.6. The van der Waals surface area contributed by atoms with E-state index in [9.17, 15) is 18.3 Å². The van der Waals surface area contributed by atoms with E-state index in [1.54, 1.807) is 0 Å². The number of hydrogen-bond donors (Lipinski definition) is 1. The molecule has 0 saturated heterocycles. The number of aliphatic hydroxyl groups is 1. The molecule has 0 saturated carbocycles. The molecule has 35 heavy (non-hydrogen) atoms. The zero-order valence-corrected chi connectivity index (χ0v) is 25.1. The second kappa shape index (κ2) is 9.72. The maximum atomic E-state index is 13.1. The molecule has 1 aromatic heterocycles. The molecule has 1 heterocycles. The third-order valence-corrected chi connectivity index (χ3v) is 13.1. The van der Waals surface area contributed by atoms with Crippen LogP contribution >= 0.6 is 22.6 Å². The van der Waals surface area contributed by atoms with E-state index in [-0.39, 0.29) is 16.6 Å². The lowest BCUT2D eigenvalue weighted by Gasteiger charge is -2.44. The fourth-order valence-electron chi connectivity index (χ4n) is 4.47. The highest BCUT2D eigenvalue weighted by molar-refractivity contribution is 14.1. The van der Waals surface area contributed by atoms with Crippen LogP contribution in [0.4, 0.5) is 13.2 Å². The number of aryl methyl sites for hydroxylation is 1. The summed E-state index contributed by atoms with van der Waals surface area (Å²) in [5.74, 6) is 0. The molecule has 2 atom stereocenters. The number of pyridine rings is 1. The summed E-state index contributed by atoms with van der Waals surface area (Å²) in [4.78, 5) is 5.02. The highest BCUT2D eigenvalue weighted by atomic mass is 127. The van der Waals surface area contributed by atoms with Crippen molar-refractivity contribution in [3.63, 3.8) is 0 Å². The van der Waals surface area contributed by atoms with E-state index in [1.165, 1.54) is 12.1 Å². The van der Waals surface area contributed by atoms with Crippen LogP contribution in [0.3, 0.4) is 0 Å². The van der Waals surface area contributed by atoms with Crippen LogP contribution in [-0.4, -0.2) is 18.4 Å². The van der Waals surface area contributed by atoms with E-state index < -0.39 is 26.2 Å². The van der Waals surface area contributed by atoms with Gasteiger partial charge in [-0.05, 0) is 83.1 Å². The Balaban J connectivity index is 2.13. The van der Waals surface area contributed by atoms with Gasteiger partial charge >= 0.3 is 6.18 Å². The molecule has 0 aliphatic heterocycles. The van der Waals surface area contributed by atoms with E-state index in [2.05, 4.69) is 70.3 Å². The average Bonchev–Trinajstić information content (AvgIpc) is 2.70. The van der Waals surface area contributed by atoms with Gasteiger partial charge in [0.25, 0.3) is 0 Å². The second-order valence-electron chi connectivity index (χ2n) is 11.9. The Labute approximate surface area is 222 Å². The molecule has 3 rings (SSSR count). The lowest BCUT2D eigenvalue weighted by molar-refractivity contribution is -0.137. The Hall–Kier alpha value is -0.973. The van der Waals surface area contributed by atoms with Crippen LogP contribution in [0, 0.1) is 8.99 Å². The van der Waals surface area contributed by atoms with Crippen molar-refractivity contribution in [3.8, 4) is 0 Å². The van der Waals surface area contributed by atoms with E-state index in [1.807, 2.05) is 6.92 Å². The third-order valence-electron chi connectivity index (χ3n) is 7.48. The van der Waals surface area contributed by atoms with Gasteiger partial charge in [0.1, 0.15) is 6.10 Å². The largest absolute Gasteiger partial charge is 0.416 e. The third kappa shape index (κ3) is 5.96. The van der Waals surface area contributed by atoms with Crippen molar-refractivity contribution in [3.05, 3.63) is 61.5 Å².